The summed E-state index contributed by atoms with van der Waals surface area (Å²) in [5.41, 5.74) is 7.23. The van der Waals surface area contributed by atoms with Gasteiger partial charge >= 0.3 is 0 Å². The van der Waals surface area contributed by atoms with Crippen LogP contribution >= 0.6 is 0 Å². The maximum atomic E-state index is 8.75. The number of pyridine rings is 1. The van der Waals surface area contributed by atoms with Gasteiger partial charge < -0.3 is 15.8 Å². The second-order valence-corrected chi connectivity index (χ2v) is 4.89. The Morgan fingerprint density at radius 3 is 2.72 bits per heavy atom. The molecule has 0 aromatic carbocycles. The Morgan fingerprint density at radius 1 is 1.44 bits per heavy atom. The number of nitrogens with two attached hydrogens (primary N) is 1. The number of hydrogen-bond donors (Lipinski definition) is 2. The minimum absolute atomic E-state index is 0.126. The minimum atomic E-state index is 0.126. The van der Waals surface area contributed by atoms with E-state index in [1.54, 1.807) is 0 Å². The molecule has 1 fully saturated rings. The van der Waals surface area contributed by atoms with Crippen molar-refractivity contribution in [3.8, 4) is 0 Å². The van der Waals surface area contributed by atoms with Crippen LogP contribution in [0.1, 0.15) is 36.9 Å². The van der Waals surface area contributed by atoms with Gasteiger partial charge in [0.2, 0.25) is 0 Å². The largest absolute Gasteiger partial charge is 0.409 e. The summed E-state index contributed by atoms with van der Waals surface area (Å²) in [5, 5.41) is 11.8. The highest BCUT2D eigenvalue weighted by Crippen LogP contribution is 2.26. The molecule has 1 aliphatic carbocycles. The molecule has 0 amide bonds. The highest BCUT2D eigenvalue weighted by atomic mass is 16.4. The average Bonchev–Trinajstić information content (AvgIpc) is 2.90. The molecule has 0 aliphatic heterocycles. The standard InChI is InChI=1S/C13H20N4O/c1-9-7-10(13(14)16-18)8-12(15-9)17(2)11-5-3-4-6-11/h7-8,11,18H,3-6H2,1-2H3,(H2,14,16). The number of nitrogens with zero attached hydrogens (tertiary/aromatic N) is 3. The molecule has 0 bridgehead atoms. The molecule has 2 rings (SSSR count). The molecule has 0 saturated heterocycles. The first-order chi connectivity index (χ1) is 8.61. The Labute approximate surface area is 107 Å². The quantitative estimate of drug-likeness (QED) is 0.370. The summed E-state index contributed by atoms with van der Waals surface area (Å²) in [6.07, 6.45) is 5.00. The molecule has 1 heterocycles. The summed E-state index contributed by atoms with van der Waals surface area (Å²) in [6, 6.07) is 4.25. The number of amidine groups is 1. The zero-order valence-electron chi connectivity index (χ0n) is 10.9. The second kappa shape index (κ2) is 5.25. The normalized spacial score (nSPS) is 17.1. The van der Waals surface area contributed by atoms with Crippen molar-refractivity contribution in [3.63, 3.8) is 0 Å². The monoisotopic (exact) mass is 248 g/mol. The van der Waals surface area contributed by atoms with Crippen LogP contribution < -0.4 is 10.6 Å². The molecule has 0 atom stereocenters. The van der Waals surface area contributed by atoms with Crippen molar-refractivity contribution in [2.45, 2.75) is 38.6 Å². The number of anilines is 1. The maximum absolute atomic E-state index is 8.75. The van der Waals surface area contributed by atoms with Crippen molar-refractivity contribution in [3.05, 3.63) is 23.4 Å². The van der Waals surface area contributed by atoms with E-state index in [0.29, 0.717) is 11.6 Å². The Morgan fingerprint density at radius 2 is 2.11 bits per heavy atom. The van der Waals surface area contributed by atoms with Gasteiger partial charge in [0, 0.05) is 24.3 Å². The molecular weight excluding hydrogens is 228 g/mol. The van der Waals surface area contributed by atoms with Gasteiger partial charge in [-0.3, -0.25) is 0 Å². The zero-order chi connectivity index (χ0) is 13.1. The third-order valence-corrected chi connectivity index (χ3v) is 3.58. The van der Waals surface area contributed by atoms with E-state index >= 15 is 0 Å². The number of aromatic nitrogens is 1. The molecule has 5 nitrogen and oxygen atoms in total. The molecule has 1 aromatic rings. The summed E-state index contributed by atoms with van der Waals surface area (Å²) in [5.74, 6) is 1.02. The second-order valence-electron chi connectivity index (χ2n) is 4.89. The van der Waals surface area contributed by atoms with E-state index in [4.69, 9.17) is 10.9 Å². The number of oxime groups is 1. The zero-order valence-corrected chi connectivity index (χ0v) is 10.9. The van der Waals surface area contributed by atoms with E-state index in [-0.39, 0.29) is 5.84 Å². The van der Waals surface area contributed by atoms with E-state index in [2.05, 4.69) is 22.1 Å². The van der Waals surface area contributed by atoms with Crippen LogP contribution in [0, 0.1) is 6.92 Å². The molecule has 0 unspecified atom stereocenters. The van der Waals surface area contributed by atoms with Crippen LogP contribution in [0.4, 0.5) is 5.82 Å². The third kappa shape index (κ3) is 2.55. The predicted octanol–water partition coefficient (Wildman–Crippen LogP) is 1.86. The minimum Gasteiger partial charge on any atom is -0.409 e. The summed E-state index contributed by atoms with van der Waals surface area (Å²) >= 11 is 0. The Hall–Kier alpha value is -1.78. The Balaban J connectivity index is 2.29. The maximum Gasteiger partial charge on any atom is 0.170 e. The summed E-state index contributed by atoms with van der Waals surface area (Å²) in [4.78, 5) is 6.73. The van der Waals surface area contributed by atoms with Crippen LogP contribution in [-0.2, 0) is 0 Å². The van der Waals surface area contributed by atoms with Crippen LogP contribution in [0.3, 0.4) is 0 Å². The lowest BCUT2D eigenvalue weighted by Crippen LogP contribution is -2.30. The van der Waals surface area contributed by atoms with Gasteiger partial charge in [0.25, 0.3) is 0 Å². The van der Waals surface area contributed by atoms with Gasteiger partial charge in [-0.15, -0.1) is 0 Å². The van der Waals surface area contributed by atoms with Crippen molar-refractivity contribution >= 4 is 11.7 Å². The molecule has 98 valence electrons. The van der Waals surface area contributed by atoms with Crippen molar-refractivity contribution in [1.29, 1.82) is 0 Å². The average molecular weight is 248 g/mol. The van der Waals surface area contributed by atoms with Gasteiger partial charge in [0.1, 0.15) is 5.82 Å². The van der Waals surface area contributed by atoms with Crippen molar-refractivity contribution in [2.24, 2.45) is 10.9 Å². The molecule has 1 saturated carbocycles. The SMILES string of the molecule is Cc1cc(/C(N)=N/O)cc(N(C)C2CCCC2)n1. The smallest absolute Gasteiger partial charge is 0.170 e. The molecule has 3 N–H and O–H groups in total. The van der Waals surface area contributed by atoms with Gasteiger partial charge in [0.05, 0.1) is 0 Å². The first-order valence-electron chi connectivity index (χ1n) is 6.31. The van der Waals surface area contributed by atoms with Crippen molar-refractivity contribution < 1.29 is 5.21 Å². The highest BCUT2D eigenvalue weighted by molar-refractivity contribution is 5.97. The predicted molar refractivity (Wildman–Crippen MR) is 72.1 cm³/mol. The van der Waals surface area contributed by atoms with Gasteiger partial charge in [-0.25, -0.2) is 4.98 Å². The molecule has 5 heteroatoms. The van der Waals surface area contributed by atoms with E-state index in [1.165, 1.54) is 25.7 Å². The molecule has 1 aliphatic rings. The van der Waals surface area contributed by atoms with E-state index in [1.807, 2.05) is 19.1 Å². The lowest BCUT2D eigenvalue weighted by atomic mass is 10.1. The summed E-state index contributed by atoms with van der Waals surface area (Å²) in [7, 11) is 2.06. The van der Waals surface area contributed by atoms with E-state index in [0.717, 1.165) is 11.5 Å². The molecule has 1 aromatic heterocycles. The van der Waals surface area contributed by atoms with Gasteiger partial charge in [0.15, 0.2) is 5.84 Å². The van der Waals surface area contributed by atoms with Crippen molar-refractivity contribution in [2.75, 3.05) is 11.9 Å². The lowest BCUT2D eigenvalue weighted by molar-refractivity contribution is 0.318. The Bertz CT molecular complexity index is 452. The molecule has 0 spiro atoms. The van der Waals surface area contributed by atoms with Crippen molar-refractivity contribution in [1.82, 2.24) is 4.98 Å². The van der Waals surface area contributed by atoms with Gasteiger partial charge in [-0.1, -0.05) is 18.0 Å². The summed E-state index contributed by atoms with van der Waals surface area (Å²) in [6.45, 7) is 1.92. The van der Waals surface area contributed by atoms with Crippen LogP contribution in [0.25, 0.3) is 0 Å². The number of aryl methyl sites for hydroxylation is 1. The fourth-order valence-electron chi connectivity index (χ4n) is 2.52. The number of hydrogen-bond acceptors (Lipinski definition) is 4. The van der Waals surface area contributed by atoms with Gasteiger partial charge in [-0.2, -0.15) is 0 Å². The molecular formula is C13H20N4O. The first kappa shape index (κ1) is 12.7. The summed E-state index contributed by atoms with van der Waals surface area (Å²) < 4.78 is 0. The molecule has 18 heavy (non-hydrogen) atoms. The van der Waals surface area contributed by atoms with Crippen LogP contribution in [0.15, 0.2) is 17.3 Å². The van der Waals surface area contributed by atoms with Crippen LogP contribution in [-0.4, -0.2) is 29.1 Å². The lowest BCUT2D eigenvalue weighted by Gasteiger charge is -2.26. The Kier molecular flexibility index (Phi) is 3.69. The fourth-order valence-corrected chi connectivity index (χ4v) is 2.52. The van der Waals surface area contributed by atoms with Crippen LogP contribution in [0.5, 0.6) is 0 Å². The fraction of sp³-hybridized carbons (Fsp3) is 0.538. The highest BCUT2D eigenvalue weighted by Gasteiger charge is 2.21. The molecule has 0 radical (unpaired) electrons. The third-order valence-electron chi connectivity index (χ3n) is 3.58. The van der Waals surface area contributed by atoms with E-state index < -0.39 is 0 Å². The van der Waals surface area contributed by atoms with Gasteiger partial charge in [-0.05, 0) is 31.9 Å². The van der Waals surface area contributed by atoms with E-state index in [9.17, 15) is 0 Å². The number of rotatable bonds is 3. The van der Waals surface area contributed by atoms with Crippen LogP contribution in [0.2, 0.25) is 0 Å². The first-order valence-corrected chi connectivity index (χ1v) is 6.31. The topological polar surface area (TPSA) is 74.7 Å².